The number of amides is 1. The number of aliphatic hydroxyl groups excluding tert-OH is 3. The summed E-state index contributed by atoms with van der Waals surface area (Å²) in [5.74, 6) is 2.65. The molecule has 4 heterocycles. The first-order chi connectivity index (χ1) is 31.2. The highest BCUT2D eigenvalue weighted by molar-refractivity contribution is 5.94. The van der Waals surface area contributed by atoms with E-state index in [2.05, 4.69) is 60.4 Å². The number of piperidine rings is 1. The number of aromatic hydroxyl groups is 1. The van der Waals surface area contributed by atoms with Gasteiger partial charge in [0.15, 0.2) is 5.69 Å². The van der Waals surface area contributed by atoms with Crippen LogP contribution in [-0.4, -0.2) is 142 Å². The summed E-state index contributed by atoms with van der Waals surface area (Å²) >= 11 is 0. The lowest BCUT2D eigenvalue weighted by molar-refractivity contribution is -0.148. The zero-order chi connectivity index (χ0) is 45.5. The molecule has 0 bridgehead atoms. The number of carbonyl (C=O) groups excluding carboxylic acids is 1. The van der Waals surface area contributed by atoms with Crippen LogP contribution < -0.4 is 15.5 Å². The number of piperazine rings is 1. The number of carbonyl (C=O) groups is 1. The molecule has 5 fully saturated rings. The van der Waals surface area contributed by atoms with Gasteiger partial charge in [0.25, 0.3) is 5.91 Å². The van der Waals surface area contributed by atoms with Crippen molar-refractivity contribution in [2.24, 2.45) is 29.1 Å². The fraction of sp³-hybridized carbons (Fsp3) is 0.653. The van der Waals surface area contributed by atoms with Crippen molar-refractivity contribution in [1.29, 1.82) is 0 Å². The van der Waals surface area contributed by atoms with Crippen LogP contribution in [-0.2, 0) is 17.3 Å². The highest BCUT2D eigenvalue weighted by atomic mass is 19.4. The Bertz CT molecular complexity index is 2100. The van der Waals surface area contributed by atoms with E-state index in [0.717, 1.165) is 115 Å². The normalized spacial score (nSPS) is 32.4. The highest BCUT2D eigenvalue weighted by Crippen LogP contribution is 2.62. The van der Waals surface area contributed by atoms with Crippen LogP contribution in [0.1, 0.15) is 91.4 Å². The van der Waals surface area contributed by atoms with Crippen molar-refractivity contribution in [3.05, 3.63) is 77.2 Å². The molecule has 6 N–H and O–H groups in total. The summed E-state index contributed by atoms with van der Waals surface area (Å²) < 4.78 is 45.1. The van der Waals surface area contributed by atoms with Gasteiger partial charge in [-0.15, -0.1) is 0 Å². The number of hydrogen-bond donors (Lipinski definition) is 6. The standard InChI is InChI=1S/C49H66F3N7O6/c1-48-15-12-37-36-9-8-35(60)24-33(36)23-32(44(37)38(48)10-11-42(48)61)3-2-16-54-47(64)31-4-6-34(7-5-31)59-17-13-30(14-18-59)27-57-19-21-58(22-20-57)28-40-46(63)45(62)39(29-65-40)55-43-26-53-25-41(56-43)49(50,51)52/h4-9,24-26,30,32,37-40,42,44-46,60-63H,2-3,10-23,27-29H2,1H3,(H,54,64)(H,55,56)/t32?,37?,38?,39-,40+,42-,44?,45+,46-,48-/m0/s1. The van der Waals surface area contributed by atoms with Crippen LogP contribution in [0.2, 0.25) is 0 Å². The first-order valence-corrected chi connectivity index (χ1v) is 23.9. The Labute approximate surface area is 379 Å². The molecule has 16 heteroatoms. The van der Waals surface area contributed by atoms with Crippen molar-refractivity contribution in [3.8, 4) is 5.75 Å². The fourth-order valence-electron chi connectivity index (χ4n) is 12.6. The lowest BCUT2D eigenvalue weighted by atomic mass is 9.52. The largest absolute Gasteiger partial charge is 0.508 e. The molecule has 1 aromatic heterocycles. The number of phenolic OH excluding ortho intramolecular Hbond substituents is 1. The predicted octanol–water partition coefficient (Wildman–Crippen LogP) is 5.29. The summed E-state index contributed by atoms with van der Waals surface area (Å²) in [5.41, 5.74) is 3.29. The van der Waals surface area contributed by atoms with Gasteiger partial charge in [-0.1, -0.05) is 13.0 Å². The number of hydrogen-bond acceptors (Lipinski definition) is 12. The Morgan fingerprint density at radius 2 is 1.65 bits per heavy atom. The van der Waals surface area contributed by atoms with E-state index in [1.165, 1.54) is 11.1 Å². The lowest BCUT2D eigenvalue weighted by Crippen LogP contribution is -2.59. The molecule has 2 saturated carbocycles. The summed E-state index contributed by atoms with van der Waals surface area (Å²) in [6, 6.07) is 13.1. The maximum Gasteiger partial charge on any atom is 0.434 e. The lowest BCUT2D eigenvalue weighted by Gasteiger charge is -2.53. The number of nitrogens with one attached hydrogen (secondary N) is 2. The van der Waals surface area contributed by atoms with Gasteiger partial charge in [-0.05, 0) is 140 Å². The van der Waals surface area contributed by atoms with Crippen LogP contribution in [0, 0.1) is 29.1 Å². The minimum atomic E-state index is -4.65. The summed E-state index contributed by atoms with van der Waals surface area (Å²) in [6.45, 7) is 9.68. The molecule has 354 valence electrons. The maximum atomic E-state index is 13.3. The van der Waals surface area contributed by atoms with Crippen LogP contribution in [0.15, 0.2) is 54.9 Å². The Hall–Kier alpha value is -4.06. The first-order valence-electron chi connectivity index (χ1n) is 23.9. The van der Waals surface area contributed by atoms with Crippen molar-refractivity contribution < 1.29 is 43.1 Å². The molecule has 0 spiro atoms. The second kappa shape index (κ2) is 19.3. The highest BCUT2D eigenvalue weighted by Gasteiger charge is 2.56. The summed E-state index contributed by atoms with van der Waals surface area (Å²) in [4.78, 5) is 27.5. The third-order valence-corrected chi connectivity index (χ3v) is 16.3. The van der Waals surface area contributed by atoms with Crippen LogP contribution in [0.5, 0.6) is 5.75 Å². The monoisotopic (exact) mass is 906 g/mol. The number of anilines is 2. The summed E-state index contributed by atoms with van der Waals surface area (Å²) in [6.07, 6.45) is 2.88. The van der Waals surface area contributed by atoms with E-state index in [4.69, 9.17) is 4.74 Å². The molecule has 3 aliphatic heterocycles. The van der Waals surface area contributed by atoms with Gasteiger partial charge in [0.05, 0.1) is 37.3 Å². The number of phenols is 1. The maximum absolute atomic E-state index is 13.3. The third-order valence-electron chi connectivity index (χ3n) is 16.3. The molecule has 6 aliphatic rings. The molecule has 10 atom stereocenters. The molecule has 3 aliphatic carbocycles. The number of aromatic nitrogens is 2. The molecular formula is C49H66F3N7O6. The number of aliphatic hydroxyl groups is 3. The molecule has 2 aromatic carbocycles. The number of rotatable bonds is 12. The Morgan fingerprint density at radius 3 is 2.38 bits per heavy atom. The van der Waals surface area contributed by atoms with Crippen molar-refractivity contribution in [2.75, 3.05) is 75.7 Å². The number of halogens is 3. The van der Waals surface area contributed by atoms with Gasteiger partial charge in [-0.25, -0.2) is 4.98 Å². The van der Waals surface area contributed by atoms with Crippen molar-refractivity contribution in [1.82, 2.24) is 25.1 Å². The zero-order valence-electron chi connectivity index (χ0n) is 37.4. The van der Waals surface area contributed by atoms with E-state index >= 15 is 0 Å². The first kappa shape index (κ1) is 46.1. The second-order valence-corrected chi connectivity index (χ2v) is 20.1. The van der Waals surface area contributed by atoms with Crippen molar-refractivity contribution >= 4 is 17.4 Å². The number of fused-ring (bicyclic) bond motifs is 5. The average Bonchev–Trinajstić information content (AvgIpc) is 3.61. The molecule has 3 saturated heterocycles. The summed E-state index contributed by atoms with van der Waals surface area (Å²) in [7, 11) is 0. The van der Waals surface area contributed by atoms with Gasteiger partial charge < -0.3 is 45.6 Å². The van der Waals surface area contributed by atoms with E-state index in [1.54, 1.807) is 0 Å². The summed E-state index contributed by atoms with van der Waals surface area (Å²) in [5, 5.41) is 48.9. The third kappa shape index (κ3) is 9.99. The van der Waals surface area contributed by atoms with Gasteiger partial charge in [-0.3, -0.25) is 14.7 Å². The number of alkyl halides is 3. The van der Waals surface area contributed by atoms with E-state index in [-0.39, 0.29) is 29.9 Å². The zero-order valence-corrected chi connectivity index (χ0v) is 37.4. The molecule has 4 unspecified atom stereocenters. The minimum absolute atomic E-state index is 0.000380. The van der Waals surface area contributed by atoms with E-state index < -0.39 is 36.2 Å². The van der Waals surface area contributed by atoms with Crippen LogP contribution in [0.3, 0.4) is 0 Å². The molecule has 13 nitrogen and oxygen atoms in total. The van der Waals surface area contributed by atoms with Gasteiger partial charge in [0.1, 0.15) is 23.8 Å². The topological polar surface area (TPSA) is 167 Å². The Balaban J connectivity index is 0.678. The van der Waals surface area contributed by atoms with E-state index in [9.17, 15) is 38.4 Å². The SMILES string of the molecule is C[C@]12CCC3c4ccc(O)cc4CC(CCCNC(=O)c4ccc(N5CCC(CN6CCN(C[C@H]7OC[C@H](Nc8cncc(C(F)(F)F)n8)[C@@H](O)[C@H]7O)CC6)CC5)cc4)C3C1CC[C@@H]2O. The predicted molar refractivity (Wildman–Crippen MR) is 240 cm³/mol. The molecule has 3 aromatic rings. The number of ether oxygens (including phenoxy) is 1. The van der Waals surface area contributed by atoms with Crippen molar-refractivity contribution in [2.45, 2.75) is 107 Å². The second-order valence-electron chi connectivity index (χ2n) is 20.1. The van der Waals surface area contributed by atoms with Crippen molar-refractivity contribution in [3.63, 3.8) is 0 Å². The van der Waals surface area contributed by atoms with Crippen LogP contribution >= 0.6 is 0 Å². The van der Waals surface area contributed by atoms with Gasteiger partial charge in [-0.2, -0.15) is 13.2 Å². The number of benzene rings is 2. The van der Waals surface area contributed by atoms with Crippen LogP contribution in [0.25, 0.3) is 0 Å². The van der Waals surface area contributed by atoms with E-state index in [1.807, 2.05) is 24.3 Å². The molecule has 1 amide bonds. The van der Waals surface area contributed by atoms with Gasteiger partial charge >= 0.3 is 6.18 Å². The quantitative estimate of drug-likeness (QED) is 0.130. The average molecular weight is 906 g/mol. The molecule has 9 rings (SSSR count). The Kier molecular flexibility index (Phi) is 13.7. The number of nitrogens with zero attached hydrogens (tertiary/aromatic N) is 5. The molecule has 65 heavy (non-hydrogen) atoms. The van der Waals surface area contributed by atoms with Gasteiger partial charge in [0.2, 0.25) is 0 Å². The minimum Gasteiger partial charge on any atom is -0.508 e. The smallest absolute Gasteiger partial charge is 0.434 e. The fourth-order valence-corrected chi connectivity index (χ4v) is 12.6. The van der Waals surface area contributed by atoms with E-state index in [0.29, 0.717) is 60.2 Å². The Morgan fingerprint density at radius 1 is 0.908 bits per heavy atom. The van der Waals surface area contributed by atoms with Crippen LogP contribution in [0.4, 0.5) is 24.7 Å². The molecular weight excluding hydrogens is 840 g/mol. The molecule has 0 radical (unpaired) electrons. The van der Waals surface area contributed by atoms with Gasteiger partial charge in [0, 0.05) is 70.2 Å².